The molecule has 1 saturated carbocycles. The van der Waals surface area contributed by atoms with E-state index in [1.165, 1.54) is 12.8 Å². The van der Waals surface area contributed by atoms with Crippen LogP contribution >= 0.6 is 24.0 Å². The lowest BCUT2D eigenvalue weighted by atomic mass is 10.2. The topological polar surface area (TPSA) is 75.1 Å². The number of rotatable bonds is 6. The van der Waals surface area contributed by atoms with E-state index in [2.05, 4.69) is 42.2 Å². The number of ether oxygens (including phenoxy) is 2. The van der Waals surface area contributed by atoms with Crippen LogP contribution in [-0.2, 0) is 6.54 Å². The van der Waals surface area contributed by atoms with Crippen LogP contribution in [0.15, 0.2) is 41.7 Å². The third-order valence-corrected chi connectivity index (χ3v) is 5.90. The highest BCUT2D eigenvalue weighted by atomic mass is 127. The SMILES string of the molecule is CN=C(NCc1ccc(OC2CCCC2)c(OC)c1)N1CCN(c2ncccn2)CC1.I. The zero-order chi connectivity index (χ0) is 21.5. The Morgan fingerprint density at radius 2 is 1.81 bits per heavy atom. The van der Waals surface area contributed by atoms with E-state index < -0.39 is 0 Å². The van der Waals surface area contributed by atoms with Crippen LogP contribution in [0.5, 0.6) is 11.5 Å². The average molecular weight is 552 g/mol. The van der Waals surface area contributed by atoms with Gasteiger partial charge < -0.3 is 24.6 Å². The first-order valence-corrected chi connectivity index (χ1v) is 11.1. The van der Waals surface area contributed by atoms with Crippen molar-refractivity contribution in [2.75, 3.05) is 45.2 Å². The molecule has 2 aromatic rings. The van der Waals surface area contributed by atoms with Crippen molar-refractivity contribution >= 4 is 35.9 Å². The third kappa shape index (κ3) is 6.14. The predicted molar refractivity (Wildman–Crippen MR) is 137 cm³/mol. The van der Waals surface area contributed by atoms with Gasteiger partial charge in [0.1, 0.15) is 0 Å². The molecular weight excluding hydrogens is 519 g/mol. The molecule has 1 aromatic heterocycles. The summed E-state index contributed by atoms with van der Waals surface area (Å²) in [6, 6.07) is 8.01. The van der Waals surface area contributed by atoms with Crippen molar-refractivity contribution in [3.8, 4) is 11.5 Å². The number of hydrogen-bond acceptors (Lipinski definition) is 6. The van der Waals surface area contributed by atoms with E-state index >= 15 is 0 Å². The molecule has 1 saturated heterocycles. The number of aromatic nitrogens is 2. The van der Waals surface area contributed by atoms with E-state index in [0.717, 1.165) is 68.0 Å². The highest BCUT2D eigenvalue weighted by molar-refractivity contribution is 14.0. The Bertz CT molecular complexity index is 868. The first-order chi connectivity index (χ1) is 15.3. The summed E-state index contributed by atoms with van der Waals surface area (Å²) < 4.78 is 11.7. The molecule has 8 nitrogen and oxygen atoms in total. The Hall–Kier alpha value is -2.30. The third-order valence-electron chi connectivity index (χ3n) is 5.90. The molecule has 2 aliphatic rings. The van der Waals surface area contributed by atoms with Gasteiger partial charge in [0.25, 0.3) is 0 Å². The summed E-state index contributed by atoms with van der Waals surface area (Å²) in [4.78, 5) is 17.7. The molecule has 4 rings (SSSR count). The van der Waals surface area contributed by atoms with Crippen LogP contribution in [0, 0.1) is 0 Å². The van der Waals surface area contributed by atoms with Crippen LogP contribution in [0.4, 0.5) is 5.95 Å². The summed E-state index contributed by atoms with van der Waals surface area (Å²) in [7, 11) is 3.52. The summed E-state index contributed by atoms with van der Waals surface area (Å²) in [6.45, 7) is 4.15. The molecule has 0 unspecified atom stereocenters. The van der Waals surface area contributed by atoms with Crippen molar-refractivity contribution in [1.82, 2.24) is 20.2 Å². The summed E-state index contributed by atoms with van der Waals surface area (Å²) in [5.41, 5.74) is 1.13. The summed E-state index contributed by atoms with van der Waals surface area (Å²) >= 11 is 0. The molecule has 1 aliphatic carbocycles. The van der Waals surface area contributed by atoms with Crippen LogP contribution in [-0.4, -0.2) is 67.3 Å². The van der Waals surface area contributed by atoms with Crippen molar-refractivity contribution < 1.29 is 9.47 Å². The van der Waals surface area contributed by atoms with Gasteiger partial charge in [-0.3, -0.25) is 4.99 Å². The second kappa shape index (κ2) is 12.1. The summed E-state index contributed by atoms with van der Waals surface area (Å²) in [6.07, 6.45) is 8.65. The van der Waals surface area contributed by atoms with Crippen molar-refractivity contribution in [1.29, 1.82) is 0 Å². The molecule has 2 heterocycles. The van der Waals surface area contributed by atoms with E-state index in [-0.39, 0.29) is 24.0 Å². The number of hydrogen-bond donors (Lipinski definition) is 1. The normalized spacial score (nSPS) is 17.1. The maximum atomic E-state index is 6.15. The molecule has 0 bridgehead atoms. The molecule has 174 valence electrons. The first-order valence-electron chi connectivity index (χ1n) is 11.1. The van der Waals surface area contributed by atoms with Gasteiger partial charge in [0.05, 0.1) is 13.2 Å². The molecule has 32 heavy (non-hydrogen) atoms. The minimum absolute atomic E-state index is 0. The number of methoxy groups -OCH3 is 1. The highest BCUT2D eigenvalue weighted by Gasteiger charge is 2.21. The van der Waals surface area contributed by atoms with Gasteiger partial charge in [-0.2, -0.15) is 0 Å². The maximum absolute atomic E-state index is 6.15. The molecule has 0 radical (unpaired) electrons. The average Bonchev–Trinajstić information content (AvgIpc) is 3.34. The molecule has 0 atom stereocenters. The molecule has 0 spiro atoms. The number of piperazine rings is 1. The lowest BCUT2D eigenvalue weighted by Crippen LogP contribution is -2.52. The minimum Gasteiger partial charge on any atom is -0.493 e. The molecule has 2 fully saturated rings. The maximum Gasteiger partial charge on any atom is 0.225 e. The van der Waals surface area contributed by atoms with E-state index in [1.807, 2.05) is 19.2 Å². The van der Waals surface area contributed by atoms with Gasteiger partial charge in [-0.1, -0.05) is 6.07 Å². The van der Waals surface area contributed by atoms with Gasteiger partial charge in [0.15, 0.2) is 17.5 Å². The predicted octanol–water partition coefficient (Wildman–Crippen LogP) is 3.32. The van der Waals surface area contributed by atoms with E-state index in [4.69, 9.17) is 9.47 Å². The fraction of sp³-hybridized carbons (Fsp3) is 0.522. The second-order valence-corrected chi connectivity index (χ2v) is 7.93. The fourth-order valence-electron chi connectivity index (χ4n) is 4.19. The fourth-order valence-corrected chi connectivity index (χ4v) is 4.19. The van der Waals surface area contributed by atoms with Crippen molar-refractivity contribution in [3.63, 3.8) is 0 Å². The van der Waals surface area contributed by atoms with Gasteiger partial charge in [0.2, 0.25) is 5.95 Å². The standard InChI is InChI=1S/C23H32N6O2.HI/c1-24-22(28-12-14-29(15-13-28)23-25-10-5-11-26-23)27-17-18-8-9-20(21(16-18)30-2)31-19-6-3-4-7-19;/h5,8-11,16,19H,3-4,6-7,12-15,17H2,1-2H3,(H,24,27);1H. The Morgan fingerprint density at radius 1 is 1.09 bits per heavy atom. The van der Waals surface area contributed by atoms with Crippen molar-refractivity contribution in [3.05, 3.63) is 42.2 Å². The second-order valence-electron chi connectivity index (χ2n) is 7.93. The number of anilines is 1. The molecule has 1 N–H and O–H groups in total. The Balaban J connectivity index is 0.00000289. The zero-order valence-corrected chi connectivity index (χ0v) is 21.2. The molecule has 1 aromatic carbocycles. The summed E-state index contributed by atoms with van der Waals surface area (Å²) in [5.74, 6) is 3.32. The Labute approximate surface area is 207 Å². The molecular formula is C23H33IN6O2. The van der Waals surface area contributed by atoms with Crippen LogP contribution in [0.25, 0.3) is 0 Å². The van der Waals surface area contributed by atoms with E-state index in [9.17, 15) is 0 Å². The minimum atomic E-state index is 0. The highest BCUT2D eigenvalue weighted by Crippen LogP contribution is 2.32. The number of guanidine groups is 1. The van der Waals surface area contributed by atoms with E-state index in [0.29, 0.717) is 12.6 Å². The van der Waals surface area contributed by atoms with E-state index in [1.54, 1.807) is 19.5 Å². The molecule has 9 heteroatoms. The Morgan fingerprint density at radius 3 is 2.47 bits per heavy atom. The number of nitrogens with zero attached hydrogens (tertiary/aromatic N) is 5. The van der Waals surface area contributed by atoms with Gasteiger partial charge >= 0.3 is 0 Å². The van der Waals surface area contributed by atoms with Gasteiger partial charge in [-0.25, -0.2) is 9.97 Å². The number of aliphatic imine (C=N–C) groups is 1. The van der Waals surface area contributed by atoms with Gasteiger partial charge in [-0.05, 0) is 49.4 Å². The van der Waals surface area contributed by atoms with Crippen LogP contribution in [0.3, 0.4) is 0 Å². The Kier molecular flexibility index (Phi) is 9.19. The number of benzene rings is 1. The zero-order valence-electron chi connectivity index (χ0n) is 18.9. The quantitative estimate of drug-likeness (QED) is 0.335. The van der Waals surface area contributed by atoms with Gasteiger partial charge in [-0.15, -0.1) is 24.0 Å². The first kappa shape index (κ1) is 24.3. The lowest BCUT2D eigenvalue weighted by Gasteiger charge is -2.36. The monoisotopic (exact) mass is 552 g/mol. The van der Waals surface area contributed by atoms with Crippen LogP contribution in [0.2, 0.25) is 0 Å². The van der Waals surface area contributed by atoms with Crippen LogP contribution < -0.4 is 19.7 Å². The molecule has 0 amide bonds. The molecule has 1 aliphatic heterocycles. The van der Waals surface area contributed by atoms with Crippen molar-refractivity contribution in [2.24, 2.45) is 4.99 Å². The number of nitrogens with one attached hydrogen (secondary N) is 1. The van der Waals surface area contributed by atoms with Crippen LogP contribution in [0.1, 0.15) is 31.2 Å². The number of halogens is 1. The summed E-state index contributed by atoms with van der Waals surface area (Å²) in [5, 5.41) is 3.48. The van der Waals surface area contributed by atoms with Crippen molar-refractivity contribution in [2.45, 2.75) is 38.3 Å². The smallest absolute Gasteiger partial charge is 0.225 e. The lowest BCUT2D eigenvalue weighted by molar-refractivity contribution is 0.200. The largest absolute Gasteiger partial charge is 0.493 e. The van der Waals surface area contributed by atoms with Gasteiger partial charge in [0, 0.05) is 52.2 Å².